The molecule has 146 valence electrons. The molecular formula is C24H27BrN2O. The quantitative estimate of drug-likeness (QED) is 0.431. The van der Waals surface area contributed by atoms with E-state index in [4.69, 9.17) is 0 Å². The first-order valence-electron chi connectivity index (χ1n) is 9.71. The molecule has 28 heavy (non-hydrogen) atoms. The minimum Gasteiger partial charge on any atom is -0.345 e. The zero-order chi connectivity index (χ0) is 19.9. The number of amides is 1. The van der Waals surface area contributed by atoms with Crippen molar-refractivity contribution >= 4 is 21.8 Å². The lowest BCUT2D eigenvalue weighted by atomic mass is 10.1. The molecule has 0 aliphatic heterocycles. The van der Waals surface area contributed by atoms with Crippen LogP contribution in [-0.4, -0.2) is 15.4 Å². The number of rotatable bonds is 8. The first-order valence-corrected chi connectivity index (χ1v) is 10.5. The molecule has 0 radical (unpaired) electrons. The summed E-state index contributed by atoms with van der Waals surface area (Å²) in [7, 11) is 0. The van der Waals surface area contributed by atoms with E-state index in [9.17, 15) is 4.79 Å². The molecule has 3 aromatic rings. The lowest BCUT2D eigenvalue weighted by molar-refractivity contribution is -0.133. The van der Waals surface area contributed by atoms with Crippen LogP contribution < -0.4 is 0 Å². The van der Waals surface area contributed by atoms with Gasteiger partial charge in [0.25, 0.3) is 0 Å². The molecule has 0 saturated carbocycles. The Balaban J connectivity index is 1.77. The highest BCUT2D eigenvalue weighted by atomic mass is 79.9. The monoisotopic (exact) mass is 438 g/mol. The fraction of sp³-hybridized carbons (Fsp3) is 0.292. The fourth-order valence-electron chi connectivity index (χ4n) is 3.24. The molecule has 0 N–H and O–H groups in total. The molecule has 4 heteroatoms. The number of nitrogens with zero attached hydrogens (tertiary/aromatic N) is 2. The third kappa shape index (κ3) is 5.83. The van der Waals surface area contributed by atoms with Crippen molar-refractivity contribution in [2.45, 2.75) is 39.9 Å². The molecule has 0 bridgehead atoms. The van der Waals surface area contributed by atoms with Gasteiger partial charge in [-0.3, -0.25) is 4.79 Å². The Kier molecular flexibility index (Phi) is 7.10. The van der Waals surface area contributed by atoms with Crippen LogP contribution in [-0.2, 0) is 24.4 Å². The zero-order valence-corrected chi connectivity index (χ0v) is 18.1. The van der Waals surface area contributed by atoms with Crippen molar-refractivity contribution in [3.8, 4) is 0 Å². The maximum Gasteiger partial charge on any atom is 0.223 e. The maximum atomic E-state index is 12.9. The largest absolute Gasteiger partial charge is 0.345 e. The van der Waals surface area contributed by atoms with Gasteiger partial charge in [-0.05, 0) is 41.3 Å². The lowest BCUT2D eigenvalue weighted by Crippen LogP contribution is -2.31. The minimum atomic E-state index is 0.204. The van der Waals surface area contributed by atoms with Crippen LogP contribution in [0, 0.1) is 5.92 Å². The Morgan fingerprint density at radius 2 is 1.64 bits per heavy atom. The Bertz CT molecular complexity index is 884. The zero-order valence-electron chi connectivity index (χ0n) is 16.5. The summed E-state index contributed by atoms with van der Waals surface area (Å²) in [6.07, 6.45) is 2.66. The van der Waals surface area contributed by atoms with E-state index in [0.717, 1.165) is 22.3 Å². The van der Waals surface area contributed by atoms with E-state index in [2.05, 4.69) is 89.1 Å². The van der Waals surface area contributed by atoms with Crippen molar-refractivity contribution in [2.24, 2.45) is 5.92 Å². The Morgan fingerprint density at radius 3 is 2.32 bits per heavy atom. The summed E-state index contributed by atoms with van der Waals surface area (Å²) in [5.41, 5.74) is 3.55. The van der Waals surface area contributed by atoms with Gasteiger partial charge in [0.15, 0.2) is 0 Å². The van der Waals surface area contributed by atoms with Gasteiger partial charge >= 0.3 is 0 Å². The van der Waals surface area contributed by atoms with Crippen LogP contribution in [0.3, 0.4) is 0 Å². The normalized spacial score (nSPS) is 11.0. The van der Waals surface area contributed by atoms with Gasteiger partial charge in [-0.25, -0.2) is 0 Å². The van der Waals surface area contributed by atoms with E-state index in [1.54, 1.807) is 0 Å². The number of halogens is 1. The van der Waals surface area contributed by atoms with Gasteiger partial charge in [0.05, 0.1) is 6.54 Å². The first-order chi connectivity index (χ1) is 13.5. The minimum absolute atomic E-state index is 0.204. The highest BCUT2D eigenvalue weighted by molar-refractivity contribution is 9.10. The second-order valence-electron chi connectivity index (χ2n) is 7.59. The summed E-state index contributed by atoms with van der Waals surface area (Å²) in [4.78, 5) is 14.9. The summed E-state index contributed by atoms with van der Waals surface area (Å²) in [6, 6.07) is 22.8. The van der Waals surface area contributed by atoms with E-state index in [0.29, 0.717) is 25.4 Å². The van der Waals surface area contributed by atoms with Crippen molar-refractivity contribution in [3.05, 3.63) is 94.2 Å². The molecule has 0 atom stereocenters. The summed E-state index contributed by atoms with van der Waals surface area (Å²) in [5.74, 6) is 0.551. The van der Waals surface area contributed by atoms with Crippen LogP contribution in [0.15, 0.2) is 77.4 Å². The smallest absolute Gasteiger partial charge is 0.223 e. The van der Waals surface area contributed by atoms with Crippen molar-refractivity contribution in [1.29, 1.82) is 0 Å². The topological polar surface area (TPSA) is 25.2 Å². The average Bonchev–Trinajstić information content (AvgIpc) is 3.10. The molecule has 3 rings (SSSR count). The van der Waals surface area contributed by atoms with Gasteiger partial charge < -0.3 is 9.47 Å². The van der Waals surface area contributed by atoms with Crippen LogP contribution in [0.2, 0.25) is 0 Å². The molecule has 0 saturated heterocycles. The number of carbonyl (C=O) groups excluding carboxylic acids is 1. The SMILES string of the molecule is CC(C)CC(=O)N(Cc1ccccc1)Cc1cccn1Cc1ccc(Br)cc1. The average molecular weight is 439 g/mol. The third-order valence-electron chi connectivity index (χ3n) is 4.69. The van der Waals surface area contributed by atoms with Crippen molar-refractivity contribution in [3.63, 3.8) is 0 Å². The molecule has 2 aromatic carbocycles. The van der Waals surface area contributed by atoms with Gasteiger partial charge in [-0.15, -0.1) is 0 Å². The molecule has 1 amide bonds. The molecule has 1 heterocycles. The number of carbonyl (C=O) groups is 1. The molecule has 3 nitrogen and oxygen atoms in total. The summed E-state index contributed by atoms with van der Waals surface area (Å²) in [5, 5.41) is 0. The summed E-state index contributed by atoms with van der Waals surface area (Å²) >= 11 is 3.49. The maximum absolute atomic E-state index is 12.9. The fourth-order valence-corrected chi connectivity index (χ4v) is 3.51. The highest BCUT2D eigenvalue weighted by Gasteiger charge is 2.17. The molecule has 1 aromatic heterocycles. The van der Waals surface area contributed by atoms with Gasteiger partial charge in [0.2, 0.25) is 5.91 Å². The lowest BCUT2D eigenvalue weighted by Gasteiger charge is -2.25. The van der Waals surface area contributed by atoms with E-state index in [1.165, 1.54) is 5.56 Å². The van der Waals surface area contributed by atoms with Crippen molar-refractivity contribution in [2.75, 3.05) is 0 Å². The van der Waals surface area contributed by atoms with E-state index >= 15 is 0 Å². The van der Waals surface area contributed by atoms with Crippen molar-refractivity contribution in [1.82, 2.24) is 9.47 Å². The summed E-state index contributed by atoms with van der Waals surface area (Å²) in [6.45, 7) is 6.23. The van der Waals surface area contributed by atoms with Crippen LogP contribution in [0.4, 0.5) is 0 Å². The second-order valence-corrected chi connectivity index (χ2v) is 8.50. The Hall–Kier alpha value is -2.33. The predicted molar refractivity (Wildman–Crippen MR) is 118 cm³/mol. The number of hydrogen-bond donors (Lipinski definition) is 0. The van der Waals surface area contributed by atoms with Crippen LogP contribution in [0.25, 0.3) is 0 Å². The molecule has 0 spiro atoms. The highest BCUT2D eigenvalue weighted by Crippen LogP contribution is 2.17. The first kappa shape index (κ1) is 20.4. The Morgan fingerprint density at radius 1 is 0.929 bits per heavy atom. The van der Waals surface area contributed by atoms with Gasteiger partial charge in [0.1, 0.15) is 0 Å². The number of aromatic nitrogens is 1. The van der Waals surface area contributed by atoms with Gasteiger partial charge in [0, 0.05) is 35.9 Å². The van der Waals surface area contributed by atoms with E-state index < -0.39 is 0 Å². The number of hydrogen-bond acceptors (Lipinski definition) is 1. The van der Waals surface area contributed by atoms with E-state index in [1.807, 2.05) is 23.1 Å². The molecule has 0 aliphatic rings. The van der Waals surface area contributed by atoms with Crippen LogP contribution in [0.5, 0.6) is 0 Å². The second kappa shape index (κ2) is 9.74. The van der Waals surface area contributed by atoms with E-state index in [-0.39, 0.29) is 5.91 Å². The molecule has 0 aliphatic carbocycles. The van der Waals surface area contributed by atoms with Crippen LogP contribution in [0.1, 0.15) is 37.1 Å². The number of benzene rings is 2. The summed E-state index contributed by atoms with van der Waals surface area (Å²) < 4.78 is 3.31. The third-order valence-corrected chi connectivity index (χ3v) is 5.22. The Labute approximate surface area is 176 Å². The van der Waals surface area contributed by atoms with Gasteiger partial charge in [-0.2, -0.15) is 0 Å². The molecular weight excluding hydrogens is 412 g/mol. The van der Waals surface area contributed by atoms with Crippen LogP contribution >= 0.6 is 15.9 Å². The molecule has 0 fully saturated rings. The predicted octanol–water partition coefficient (Wildman–Crippen LogP) is 5.87. The van der Waals surface area contributed by atoms with Crippen molar-refractivity contribution < 1.29 is 4.79 Å². The standard InChI is InChI=1S/C24H27BrN2O/c1-19(2)15-24(28)27(17-20-7-4-3-5-8-20)18-23-9-6-14-26(23)16-21-10-12-22(25)13-11-21/h3-14,19H,15-18H2,1-2H3. The van der Waals surface area contributed by atoms with Gasteiger partial charge in [-0.1, -0.05) is 72.2 Å². The molecule has 0 unspecified atom stereocenters.